The molecule has 1 aliphatic rings. The van der Waals surface area contributed by atoms with Crippen LogP contribution in [0.15, 0.2) is 12.1 Å². The molecule has 0 bridgehead atoms. The molecule has 0 N–H and O–H groups in total. The van der Waals surface area contributed by atoms with E-state index in [4.69, 9.17) is 16.3 Å². The number of aryl methyl sites for hydroxylation is 2. The van der Waals surface area contributed by atoms with Crippen molar-refractivity contribution in [2.45, 2.75) is 46.5 Å². The maximum atomic E-state index is 12.1. The highest BCUT2D eigenvalue weighted by Gasteiger charge is 2.19. The van der Waals surface area contributed by atoms with Gasteiger partial charge >= 0.3 is 0 Å². The Hall–Kier alpha value is -1.22. The summed E-state index contributed by atoms with van der Waals surface area (Å²) < 4.78 is 5.75. The summed E-state index contributed by atoms with van der Waals surface area (Å²) in [5, 5.41) is 0.793. The first kappa shape index (κ1) is 17.1. The highest BCUT2D eigenvalue weighted by atomic mass is 35.5. The van der Waals surface area contributed by atoms with Gasteiger partial charge < -0.3 is 9.64 Å². The highest BCUT2D eigenvalue weighted by Crippen LogP contribution is 2.26. The minimum Gasteiger partial charge on any atom is -0.494 e. The van der Waals surface area contributed by atoms with E-state index >= 15 is 0 Å². The van der Waals surface area contributed by atoms with Crippen LogP contribution in [0.4, 0.5) is 0 Å². The number of hydrogen-bond donors (Lipinski definition) is 0. The molecule has 0 radical (unpaired) electrons. The molecule has 0 unspecified atom stereocenters. The van der Waals surface area contributed by atoms with E-state index in [1.54, 1.807) is 0 Å². The first-order valence-electron chi connectivity index (χ1n) is 8.14. The molecule has 0 aliphatic carbocycles. The molecule has 0 aromatic heterocycles. The van der Waals surface area contributed by atoms with Crippen molar-refractivity contribution >= 4 is 17.5 Å². The van der Waals surface area contributed by atoms with E-state index in [0.717, 1.165) is 60.2 Å². The van der Waals surface area contributed by atoms with E-state index in [1.807, 2.05) is 30.9 Å². The summed E-state index contributed by atoms with van der Waals surface area (Å²) in [5.41, 5.74) is 2.05. The van der Waals surface area contributed by atoms with Gasteiger partial charge in [-0.3, -0.25) is 4.79 Å². The second kappa shape index (κ2) is 7.87. The van der Waals surface area contributed by atoms with Crippen molar-refractivity contribution in [3.8, 4) is 5.75 Å². The average molecular weight is 324 g/mol. The van der Waals surface area contributed by atoms with Crippen LogP contribution in [0.25, 0.3) is 0 Å². The van der Waals surface area contributed by atoms with Crippen LogP contribution in [0.1, 0.15) is 43.7 Å². The number of hydrogen-bond acceptors (Lipinski definition) is 2. The fourth-order valence-corrected chi connectivity index (χ4v) is 2.93. The second-order valence-corrected chi connectivity index (χ2v) is 6.76. The molecule has 1 aliphatic heterocycles. The van der Waals surface area contributed by atoms with Gasteiger partial charge in [0, 0.05) is 24.5 Å². The predicted octanol–water partition coefficient (Wildman–Crippen LogP) is 4.37. The summed E-state index contributed by atoms with van der Waals surface area (Å²) in [5.74, 6) is 1.85. The Bertz CT molecular complexity index is 499. The molecule has 0 spiro atoms. The molecule has 22 heavy (non-hydrogen) atoms. The van der Waals surface area contributed by atoms with Crippen LogP contribution in [0, 0.1) is 19.8 Å². The summed E-state index contributed by atoms with van der Waals surface area (Å²) in [6, 6.07) is 3.90. The number of nitrogens with zero attached hydrogens (tertiary/aromatic N) is 1. The molecule has 4 heteroatoms. The van der Waals surface area contributed by atoms with E-state index in [2.05, 4.69) is 6.92 Å². The number of amides is 1. The number of benzene rings is 1. The number of ether oxygens (including phenoxy) is 1. The third-order valence-corrected chi connectivity index (χ3v) is 4.95. The van der Waals surface area contributed by atoms with Crippen LogP contribution >= 0.6 is 11.6 Å². The molecule has 1 heterocycles. The first-order valence-corrected chi connectivity index (χ1v) is 8.52. The first-order chi connectivity index (χ1) is 10.5. The normalized spacial score (nSPS) is 15.9. The van der Waals surface area contributed by atoms with Crippen molar-refractivity contribution in [3.63, 3.8) is 0 Å². The Morgan fingerprint density at radius 2 is 1.86 bits per heavy atom. The van der Waals surface area contributed by atoms with Gasteiger partial charge in [0.05, 0.1) is 6.61 Å². The monoisotopic (exact) mass is 323 g/mol. The van der Waals surface area contributed by atoms with Gasteiger partial charge in [-0.25, -0.2) is 0 Å². The zero-order valence-corrected chi connectivity index (χ0v) is 14.6. The summed E-state index contributed by atoms with van der Waals surface area (Å²) in [6.45, 7) is 8.60. The van der Waals surface area contributed by atoms with Gasteiger partial charge in [0.25, 0.3) is 0 Å². The Morgan fingerprint density at radius 3 is 2.45 bits per heavy atom. The van der Waals surface area contributed by atoms with Gasteiger partial charge in [0.15, 0.2) is 0 Å². The predicted molar refractivity (Wildman–Crippen MR) is 90.6 cm³/mol. The van der Waals surface area contributed by atoms with Crippen LogP contribution in [-0.4, -0.2) is 30.5 Å². The lowest BCUT2D eigenvalue weighted by Gasteiger charge is -2.30. The minimum absolute atomic E-state index is 0.263. The summed E-state index contributed by atoms with van der Waals surface area (Å²) in [4.78, 5) is 14.1. The van der Waals surface area contributed by atoms with E-state index in [9.17, 15) is 4.79 Å². The van der Waals surface area contributed by atoms with Gasteiger partial charge in [0.2, 0.25) is 5.91 Å². The van der Waals surface area contributed by atoms with Gasteiger partial charge in [-0.2, -0.15) is 0 Å². The van der Waals surface area contributed by atoms with Crippen molar-refractivity contribution in [2.24, 2.45) is 5.92 Å². The number of carbonyl (C=O) groups excluding carboxylic acids is 1. The van der Waals surface area contributed by atoms with Crippen LogP contribution in [0.2, 0.25) is 5.02 Å². The average Bonchev–Trinajstić information content (AvgIpc) is 2.49. The Kier molecular flexibility index (Phi) is 6.13. The number of piperidine rings is 1. The second-order valence-electron chi connectivity index (χ2n) is 6.39. The molecule has 1 aromatic rings. The lowest BCUT2D eigenvalue weighted by atomic mass is 9.99. The summed E-state index contributed by atoms with van der Waals surface area (Å²) in [7, 11) is 0. The SMILES string of the molecule is Cc1cc(OCCCC(=O)N2CCC(C)CC2)cc(C)c1Cl. The Morgan fingerprint density at radius 1 is 1.27 bits per heavy atom. The number of rotatable bonds is 5. The maximum absolute atomic E-state index is 12.1. The van der Waals surface area contributed by atoms with Crippen molar-refractivity contribution in [1.29, 1.82) is 0 Å². The van der Waals surface area contributed by atoms with E-state index in [1.165, 1.54) is 0 Å². The van der Waals surface area contributed by atoms with Gasteiger partial charge in [0.1, 0.15) is 5.75 Å². The topological polar surface area (TPSA) is 29.5 Å². The summed E-state index contributed by atoms with van der Waals surface area (Å²) in [6.07, 6.45) is 3.59. The lowest BCUT2D eigenvalue weighted by molar-refractivity contribution is -0.132. The van der Waals surface area contributed by atoms with E-state index in [0.29, 0.717) is 13.0 Å². The van der Waals surface area contributed by atoms with Crippen molar-refractivity contribution in [1.82, 2.24) is 4.90 Å². The molecule has 1 saturated heterocycles. The molecule has 1 fully saturated rings. The van der Waals surface area contributed by atoms with Crippen molar-refractivity contribution in [3.05, 3.63) is 28.3 Å². The number of carbonyl (C=O) groups is 1. The Labute approximate surface area is 138 Å². The molecular formula is C18H26ClNO2. The smallest absolute Gasteiger partial charge is 0.222 e. The zero-order valence-electron chi connectivity index (χ0n) is 13.8. The molecule has 2 rings (SSSR count). The molecule has 122 valence electrons. The standard InChI is InChI=1S/C18H26ClNO2/c1-13-6-8-20(9-7-13)17(21)5-4-10-22-16-11-14(2)18(19)15(3)12-16/h11-13H,4-10H2,1-3H3. The minimum atomic E-state index is 0.263. The van der Waals surface area contributed by atoms with Crippen molar-refractivity contribution < 1.29 is 9.53 Å². The molecule has 0 atom stereocenters. The van der Waals surface area contributed by atoms with Crippen LogP contribution in [-0.2, 0) is 4.79 Å². The Balaban J connectivity index is 1.72. The molecule has 1 amide bonds. The largest absolute Gasteiger partial charge is 0.494 e. The van der Waals surface area contributed by atoms with Crippen LogP contribution < -0.4 is 4.74 Å². The molecule has 1 aromatic carbocycles. The van der Waals surface area contributed by atoms with Crippen LogP contribution in [0.3, 0.4) is 0 Å². The van der Waals surface area contributed by atoms with Crippen LogP contribution in [0.5, 0.6) is 5.75 Å². The fraction of sp³-hybridized carbons (Fsp3) is 0.611. The van der Waals surface area contributed by atoms with Gasteiger partial charge in [-0.1, -0.05) is 18.5 Å². The third-order valence-electron chi connectivity index (χ3n) is 4.35. The molecule has 3 nitrogen and oxygen atoms in total. The molecule has 0 saturated carbocycles. The van der Waals surface area contributed by atoms with Gasteiger partial charge in [-0.15, -0.1) is 0 Å². The van der Waals surface area contributed by atoms with E-state index in [-0.39, 0.29) is 5.91 Å². The number of halogens is 1. The maximum Gasteiger partial charge on any atom is 0.222 e. The van der Waals surface area contributed by atoms with Gasteiger partial charge in [-0.05, 0) is 62.3 Å². The highest BCUT2D eigenvalue weighted by molar-refractivity contribution is 6.32. The number of likely N-dealkylation sites (tertiary alicyclic amines) is 1. The molecular weight excluding hydrogens is 298 g/mol. The zero-order chi connectivity index (χ0) is 16.1. The lowest BCUT2D eigenvalue weighted by Crippen LogP contribution is -2.37. The van der Waals surface area contributed by atoms with Crippen molar-refractivity contribution in [2.75, 3.05) is 19.7 Å². The quantitative estimate of drug-likeness (QED) is 0.753. The fourth-order valence-electron chi connectivity index (χ4n) is 2.82. The third kappa shape index (κ3) is 4.64. The van der Waals surface area contributed by atoms with E-state index < -0.39 is 0 Å². The summed E-state index contributed by atoms with van der Waals surface area (Å²) >= 11 is 6.14.